The molecule has 0 unspecified atom stereocenters. The first-order chi connectivity index (χ1) is 8.43. The van der Waals surface area contributed by atoms with Crippen molar-refractivity contribution in [1.82, 2.24) is 0 Å². The summed E-state index contributed by atoms with van der Waals surface area (Å²) in [5.74, 6) is -1.16. The van der Waals surface area contributed by atoms with E-state index in [0.29, 0.717) is 0 Å². The molecule has 5 heteroatoms. The highest BCUT2D eigenvalue weighted by Crippen LogP contribution is 2.30. The molecule has 0 aliphatic heterocycles. The number of ether oxygens (including phenoxy) is 2. The van der Waals surface area contributed by atoms with E-state index in [-0.39, 0.29) is 29.2 Å². The fourth-order valence-corrected chi connectivity index (χ4v) is 1.03. The normalized spacial score (nSPS) is 9.67. The quantitative estimate of drug-likeness (QED) is 0.503. The summed E-state index contributed by atoms with van der Waals surface area (Å²) in [7, 11) is 0. The molecule has 0 aromatic heterocycles. The van der Waals surface area contributed by atoms with Gasteiger partial charge < -0.3 is 14.6 Å². The van der Waals surface area contributed by atoms with E-state index in [1.165, 1.54) is 25.1 Å². The number of aromatic hydroxyl groups is 1. The minimum atomic E-state index is -0.589. The van der Waals surface area contributed by atoms with Crippen molar-refractivity contribution in [3.8, 4) is 17.2 Å². The van der Waals surface area contributed by atoms with E-state index in [0.717, 1.165) is 0 Å². The van der Waals surface area contributed by atoms with Gasteiger partial charge >= 0.3 is 11.9 Å². The smallest absolute Gasteiger partial charge is 0.338 e. The van der Waals surface area contributed by atoms with Crippen LogP contribution in [0.25, 0.3) is 0 Å². The minimum absolute atomic E-state index is 0.0473. The predicted molar refractivity (Wildman–Crippen MR) is 64.5 cm³/mol. The summed E-state index contributed by atoms with van der Waals surface area (Å²) in [5.41, 5.74) is 0.246. The number of benzene rings is 1. The Bertz CT molecular complexity index is 490. The van der Waals surface area contributed by atoms with Gasteiger partial charge in [0.2, 0.25) is 0 Å². The van der Waals surface area contributed by atoms with Crippen LogP contribution in [-0.4, -0.2) is 17.0 Å². The summed E-state index contributed by atoms with van der Waals surface area (Å²) >= 11 is 0. The molecule has 0 spiro atoms. The van der Waals surface area contributed by atoms with Crippen molar-refractivity contribution in [3.63, 3.8) is 0 Å². The number of phenolic OH excluding ortho intramolecular Hbond substituents is 1. The first kappa shape index (κ1) is 13.8. The second kappa shape index (κ2) is 5.86. The van der Waals surface area contributed by atoms with Gasteiger partial charge in [0, 0.05) is 18.1 Å². The van der Waals surface area contributed by atoms with Crippen molar-refractivity contribution >= 4 is 11.9 Å². The zero-order valence-electron chi connectivity index (χ0n) is 10.2. The number of esters is 2. The van der Waals surface area contributed by atoms with Gasteiger partial charge in [-0.15, -0.1) is 0 Å². The molecule has 0 saturated carbocycles. The molecule has 1 aromatic carbocycles. The maximum absolute atomic E-state index is 11.3. The van der Waals surface area contributed by atoms with Crippen molar-refractivity contribution in [1.29, 1.82) is 0 Å². The van der Waals surface area contributed by atoms with Crippen LogP contribution in [0.3, 0.4) is 0 Å². The van der Waals surface area contributed by atoms with E-state index in [9.17, 15) is 14.7 Å². The summed E-state index contributed by atoms with van der Waals surface area (Å²) in [6.07, 6.45) is 0.176. The molecule has 0 fully saturated rings. The molecular formula is C13H14O5. The van der Waals surface area contributed by atoms with Crippen LogP contribution in [0.15, 0.2) is 30.4 Å². The molecule has 96 valence electrons. The minimum Gasteiger partial charge on any atom is -0.504 e. The third kappa shape index (κ3) is 3.62. The van der Waals surface area contributed by atoms with Gasteiger partial charge in [0.15, 0.2) is 11.5 Å². The van der Waals surface area contributed by atoms with Crippen molar-refractivity contribution in [2.45, 2.75) is 20.3 Å². The summed E-state index contributed by atoms with van der Waals surface area (Å²) in [5, 5.41) is 9.49. The average molecular weight is 250 g/mol. The van der Waals surface area contributed by atoms with E-state index < -0.39 is 11.9 Å². The molecule has 0 aliphatic rings. The van der Waals surface area contributed by atoms with Crippen LogP contribution < -0.4 is 9.47 Å². The van der Waals surface area contributed by atoms with Crippen LogP contribution in [0.5, 0.6) is 17.2 Å². The highest BCUT2D eigenvalue weighted by molar-refractivity contribution is 5.88. The first-order valence-electron chi connectivity index (χ1n) is 5.35. The van der Waals surface area contributed by atoms with Crippen molar-refractivity contribution in [2.75, 3.05) is 0 Å². The summed E-state index contributed by atoms with van der Waals surface area (Å²) < 4.78 is 9.82. The summed E-state index contributed by atoms with van der Waals surface area (Å²) in [6.45, 7) is 6.59. The van der Waals surface area contributed by atoms with Crippen LogP contribution in [0.1, 0.15) is 20.3 Å². The highest BCUT2D eigenvalue weighted by atomic mass is 16.5. The third-order valence-electron chi connectivity index (χ3n) is 2.00. The topological polar surface area (TPSA) is 72.8 Å². The highest BCUT2D eigenvalue weighted by Gasteiger charge is 2.11. The number of hydrogen-bond donors (Lipinski definition) is 1. The predicted octanol–water partition coefficient (Wildman–Crippen LogP) is 2.19. The Morgan fingerprint density at radius 2 is 2.00 bits per heavy atom. The maximum atomic E-state index is 11.3. The molecule has 1 rings (SSSR count). The zero-order valence-corrected chi connectivity index (χ0v) is 10.2. The summed E-state index contributed by atoms with van der Waals surface area (Å²) in [6, 6.07) is 3.93. The van der Waals surface area contributed by atoms with Gasteiger partial charge in [-0.3, -0.25) is 4.79 Å². The van der Waals surface area contributed by atoms with Gasteiger partial charge in [-0.2, -0.15) is 0 Å². The number of carbonyl (C=O) groups excluding carboxylic acids is 2. The van der Waals surface area contributed by atoms with E-state index in [2.05, 4.69) is 6.58 Å². The van der Waals surface area contributed by atoms with E-state index >= 15 is 0 Å². The molecule has 1 aromatic rings. The lowest BCUT2D eigenvalue weighted by atomic mass is 10.3. The van der Waals surface area contributed by atoms with E-state index in [1.807, 2.05) is 0 Å². The Balaban J connectivity index is 2.90. The van der Waals surface area contributed by atoms with Gasteiger partial charge in [0.05, 0.1) is 0 Å². The molecule has 0 bridgehead atoms. The number of phenols is 1. The first-order valence-corrected chi connectivity index (χ1v) is 5.35. The van der Waals surface area contributed by atoms with Gasteiger partial charge in [-0.05, 0) is 19.1 Å². The van der Waals surface area contributed by atoms with Crippen molar-refractivity contribution < 1.29 is 24.2 Å². The Labute approximate surface area is 105 Å². The van der Waals surface area contributed by atoms with Gasteiger partial charge in [0.25, 0.3) is 0 Å². The lowest BCUT2D eigenvalue weighted by molar-refractivity contribution is -0.134. The second-order valence-electron chi connectivity index (χ2n) is 3.63. The monoisotopic (exact) mass is 250 g/mol. The Kier molecular flexibility index (Phi) is 4.48. The summed E-state index contributed by atoms with van der Waals surface area (Å²) in [4.78, 5) is 22.4. The largest absolute Gasteiger partial charge is 0.504 e. The molecule has 18 heavy (non-hydrogen) atoms. The van der Waals surface area contributed by atoms with Crippen molar-refractivity contribution in [3.05, 3.63) is 30.4 Å². The molecule has 1 N–H and O–H groups in total. The second-order valence-corrected chi connectivity index (χ2v) is 3.63. The van der Waals surface area contributed by atoms with Gasteiger partial charge in [0.1, 0.15) is 5.75 Å². The Morgan fingerprint density at radius 3 is 2.56 bits per heavy atom. The molecular weight excluding hydrogens is 236 g/mol. The fraction of sp³-hybridized carbons (Fsp3) is 0.231. The number of hydrogen-bond acceptors (Lipinski definition) is 5. The van der Waals surface area contributed by atoms with Crippen LogP contribution in [0, 0.1) is 0 Å². The molecule has 0 heterocycles. The van der Waals surface area contributed by atoms with Crippen molar-refractivity contribution in [2.24, 2.45) is 0 Å². The van der Waals surface area contributed by atoms with Crippen LogP contribution in [0.4, 0.5) is 0 Å². The zero-order chi connectivity index (χ0) is 13.7. The average Bonchev–Trinajstić information content (AvgIpc) is 2.33. The number of carbonyl (C=O) groups is 2. The van der Waals surface area contributed by atoms with E-state index in [1.54, 1.807) is 6.92 Å². The lowest BCUT2D eigenvalue weighted by Gasteiger charge is -2.08. The standard InChI is InChI=1S/C13H14O5/c1-4-12(15)18-11-7-9(5-6-10(11)14)17-13(16)8(2)3/h5-7,14H,2,4H2,1,3H3. The third-order valence-corrected chi connectivity index (χ3v) is 2.00. The van der Waals surface area contributed by atoms with Gasteiger partial charge in [-0.25, -0.2) is 4.79 Å². The van der Waals surface area contributed by atoms with Crippen LogP contribution in [0.2, 0.25) is 0 Å². The fourth-order valence-electron chi connectivity index (χ4n) is 1.03. The van der Waals surface area contributed by atoms with E-state index in [4.69, 9.17) is 9.47 Å². The molecule has 0 atom stereocenters. The maximum Gasteiger partial charge on any atom is 0.338 e. The van der Waals surface area contributed by atoms with Gasteiger partial charge in [-0.1, -0.05) is 13.5 Å². The molecule has 0 saturated heterocycles. The molecule has 5 nitrogen and oxygen atoms in total. The SMILES string of the molecule is C=C(C)C(=O)Oc1ccc(O)c(OC(=O)CC)c1. The lowest BCUT2D eigenvalue weighted by Crippen LogP contribution is -2.09. The molecule has 0 radical (unpaired) electrons. The molecule has 0 aliphatic carbocycles. The van der Waals surface area contributed by atoms with Crippen LogP contribution in [-0.2, 0) is 9.59 Å². The Hall–Kier alpha value is -2.30. The van der Waals surface area contributed by atoms with Crippen LogP contribution >= 0.6 is 0 Å². The number of rotatable bonds is 4. The molecule has 0 amide bonds. The Morgan fingerprint density at radius 1 is 1.33 bits per heavy atom.